The molecule has 3 heterocycles. The van der Waals surface area contributed by atoms with Crippen molar-refractivity contribution in [3.05, 3.63) is 81.5 Å². The summed E-state index contributed by atoms with van der Waals surface area (Å²) in [5.41, 5.74) is 4.92. The van der Waals surface area contributed by atoms with E-state index in [9.17, 15) is 9.18 Å². The fourth-order valence-corrected chi connectivity index (χ4v) is 6.34. The summed E-state index contributed by atoms with van der Waals surface area (Å²) in [4.78, 5) is 18.5. The lowest BCUT2D eigenvalue weighted by Crippen LogP contribution is -2.57. The van der Waals surface area contributed by atoms with Crippen molar-refractivity contribution in [2.45, 2.75) is 72.8 Å². The maximum absolute atomic E-state index is 14.2. The number of benzene rings is 2. The summed E-state index contributed by atoms with van der Waals surface area (Å²) in [5.74, 6) is 0.756. The second kappa shape index (κ2) is 13.2. The second-order valence-electron chi connectivity index (χ2n) is 12.3. The Morgan fingerprint density at radius 2 is 1.82 bits per heavy atom. The van der Waals surface area contributed by atoms with Gasteiger partial charge in [-0.25, -0.2) is 9.07 Å². The first kappa shape index (κ1) is 31.8. The molecule has 1 aliphatic heterocycles. The second-order valence-corrected chi connectivity index (χ2v) is 13.2. The van der Waals surface area contributed by atoms with Crippen molar-refractivity contribution in [3.8, 4) is 17.0 Å². The molecule has 1 aliphatic rings. The molecule has 234 valence electrons. The third-order valence-electron chi connectivity index (χ3n) is 8.27. The predicted molar refractivity (Wildman–Crippen MR) is 172 cm³/mol. The van der Waals surface area contributed by atoms with Crippen LogP contribution in [0.15, 0.2) is 53.3 Å². The SMILES string of the molecule is COc1ccc(C)cc1-c1nn(CC(C)C)cc1C(=O)N1C[C@@H](C)N(Cc2cn([C@H](C)c3ccc(F)c(Br)c3)nn2)[C@@H](C)C1. The summed E-state index contributed by atoms with van der Waals surface area (Å²) in [7, 11) is 1.64. The lowest BCUT2D eigenvalue weighted by molar-refractivity contribution is 0.0264. The molecule has 0 bridgehead atoms. The zero-order valence-corrected chi connectivity index (χ0v) is 28.0. The molecule has 2 aromatic heterocycles. The summed E-state index contributed by atoms with van der Waals surface area (Å²) >= 11 is 3.27. The van der Waals surface area contributed by atoms with Crippen LogP contribution in [0.3, 0.4) is 0 Å². The molecule has 0 spiro atoms. The van der Waals surface area contributed by atoms with Gasteiger partial charge in [-0.15, -0.1) is 5.10 Å². The fraction of sp³-hybridized carbons (Fsp3) is 0.455. The van der Waals surface area contributed by atoms with Crippen molar-refractivity contribution in [2.75, 3.05) is 20.2 Å². The van der Waals surface area contributed by atoms with E-state index in [0.717, 1.165) is 22.4 Å². The molecule has 11 heteroatoms. The van der Waals surface area contributed by atoms with Crippen molar-refractivity contribution >= 4 is 21.8 Å². The molecule has 0 unspecified atom stereocenters. The van der Waals surface area contributed by atoms with E-state index < -0.39 is 0 Å². The van der Waals surface area contributed by atoms with Crippen molar-refractivity contribution in [2.24, 2.45) is 5.92 Å². The highest BCUT2D eigenvalue weighted by molar-refractivity contribution is 9.10. The molecule has 44 heavy (non-hydrogen) atoms. The fourth-order valence-electron chi connectivity index (χ4n) is 5.94. The van der Waals surface area contributed by atoms with E-state index in [1.54, 1.807) is 23.9 Å². The Balaban J connectivity index is 1.33. The average molecular weight is 667 g/mol. The lowest BCUT2D eigenvalue weighted by Gasteiger charge is -2.44. The molecule has 1 fully saturated rings. The highest BCUT2D eigenvalue weighted by atomic mass is 79.9. The summed E-state index contributed by atoms with van der Waals surface area (Å²) in [6, 6.07) is 11.0. The minimum atomic E-state index is -0.295. The van der Waals surface area contributed by atoms with Crippen LogP contribution in [0.1, 0.15) is 67.8 Å². The molecule has 1 saturated heterocycles. The number of ether oxygens (including phenoxy) is 1. The van der Waals surface area contributed by atoms with Gasteiger partial charge in [0.05, 0.1) is 35.1 Å². The zero-order valence-electron chi connectivity index (χ0n) is 26.5. The Bertz CT molecular complexity index is 1620. The van der Waals surface area contributed by atoms with Gasteiger partial charge >= 0.3 is 0 Å². The van der Waals surface area contributed by atoms with Crippen LogP contribution in [0.25, 0.3) is 11.3 Å². The number of aryl methyl sites for hydroxylation is 1. The lowest BCUT2D eigenvalue weighted by atomic mass is 10.0. The maximum Gasteiger partial charge on any atom is 0.257 e. The van der Waals surface area contributed by atoms with Gasteiger partial charge in [0, 0.05) is 50.0 Å². The van der Waals surface area contributed by atoms with E-state index in [0.29, 0.717) is 53.6 Å². The van der Waals surface area contributed by atoms with Gasteiger partial charge in [0.15, 0.2) is 0 Å². The van der Waals surface area contributed by atoms with Crippen LogP contribution in [0.2, 0.25) is 0 Å². The van der Waals surface area contributed by atoms with Crippen LogP contribution in [-0.2, 0) is 13.1 Å². The average Bonchev–Trinajstić information content (AvgIpc) is 3.62. The van der Waals surface area contributed by atoms with Crippen LogP contribution >= 0.6 is 15.9 Å². The smallest absolute Gasteiger partial charge is 0.257 e. The topological polar surface area (TPSA) is 81.3 Å². The minimum absolute atomic E-state index is 0.0258. The molecule has 0 radical (unpaired) electrons. The monoisotopic (exact) mass is 665 g/mol. The molecule has 5 rings (SSSR count). The van der Waals surface area contributed by atoms with E-state index in [1.807, 2.05) is 54.0 Å². The molecule has 0 N–H and O–H groups in total. The Morgan fingerprint density at radius 3 is 2.48 bits per heavy atom. The Kier molecular flexibility index (Phi) is 9.55. The zero-order chi connectivity index (χ0) is 31.7. The van der Waals surface area contributed by atoms with E-state index >= 15 is 0 Å². The Morgan fingerprint density at radius 1 is 1.09 bits per heavy atom. The highest BCUT2D eigenvalue weighted by Crippen LogP contribution is 2.34. The number of hydrogen-bond donors (Lipinski definition) is 0. The Labute approximate surface area is 267 Å². The molecular formula is C33H41BrFN7O2. The molecular weight excluding hydrogens is 625 g/mol. The van der Waals surface area contributed by atoms with Crippen molar-refractivity contribution in [3.63, 3.8) is 0 Å². The van der Waals surface area contributed by atoms with Gasteiger partial charge in [0.2, 0.25) is 0 Å². The van der Waals surface area contributed by atoms with Gasteiger partial charge in [0.1, 0.15) is 17.3 Å². The third-order valence-corrected chi connectivity index (χ3v) is 8.88. The molecule has 3 atom stereocenters. The number of carbonyl (C=O) groups is 1. The van der Waals surface area contributed by atoms with Gasteiger partial charge in [-0.1, -0.05) is 36.8 Å². The molecule has 0 saturated carbocycles. The van der Waals surface area contributed by atoms with Crippen LogP contribution in [0.4, 0.5) is 4.39 Å². The summed E-state index contributed by atoms with van der Waals surface area (Å²) in [5, 5.41) is 13.7. The van der Waals surface area contributed by atoms with Crippen molar-refractivity contribution in [1.82, 2.24) is 34.6 Å². The number of rotatable bonds is 9. The number of halogens is 2. The number of hydrogen-bond acceptors (Lipinski definition) is 6. The van der Waals surface area contributed by atoms with Crippen LogP contribution in [0, 0.1) is 18.7 Å². The Hall–Kier alpha value is -3.57. The molecule has 4 aromatic rings. The van der Waals surface area contributed by atoms with E-state index in [-0.39, 0.29) is 29.8 Å². The number of nitrogens with zero attached hydrogens (tertiary/aromatic N) is 7. The number of carbonyl (C=O) groups excluding carboxylic acids is 1. The van der Waals surface area contributed by atoms with Crippen LogP contribution in [-0.4, -0.2) is 72.8 Å². The maximum atomic E-state index is 14.2. The molecule has 2 aromatic carbocycles. The minimum Gasteiger partial charge on any atom is -0.496 e. The molecule has 1 amide bonds. The first-order valence-corrected chi connectivity index (χ1v) is 15.9. The molecule has 0 aliphatic carbocycles. The van der Waals surface area contributed by atoms with Gasteiger partial charge < -0.3 is 9.64 Å². The van der Waals surface area contributed by atoms with Gasteiger partial charge in [0.25, 0.3) is 5.91 Å². The number of piperazine rings is 1. The van der Waals surface area contributed by atoms with Crippen molar-refractivity contribution in [1.29, 1.82) is 0 Å². The first-order chi connectivity index (χ1) is 20.9. The van der Waals surface area contributed by atoms with E-state index in [1.165, 1.54) is 6.07 Å². The van der Waals surface area contributed by atoms with Gasteiger partial charge in [-0.2, -0.15) is 5.10 Å². The van der Waals surface area contributed by atoms with E-state index in [2.05, 4.69) is 58.8 Å². The van der Waals surface area contributed by atoms with Crippen LogP contribution in [0.5, 0.6) is 5.75 Å². The standard InChI is InChI=1S/C33H41BrFN7O2/c1-20(2)14-40-19-28(32(37-40)27-12-21(3)8-11-31(27)44-7)33(43)39-15-22(4)41(23(5)16-39)17-26-18-42(38-36-26)24(6)25-9-10-30(35)29(34)13-25/h8-13,18-20,22-24H,14-17H2,1-7H3/t22-,23+,24-/m1/s1. The normalized spacial score (nSPS) is 18.2. The first-order valence-electron chi connectivity index (χ1n) is 15.1. The quantitative estimate of drug-likeness (QED) is 0.207. The summed E-state index contributed by atoms with van der Waals surface area (Å²) in [6.45, 7) is 15.1. The third kappa shape index (κ3) is 6.73. The molecule has 9 nitrogen and oxygen atoms in total. The number of aromatic nitrogens is 5. The van der Waals surface area contributed by atoms with Gasteiger partial charge in [-0.3, -0.25) is 14.4 Å². The number of amides is 1. The van der Waals surface area contributed by atoms with Crippen molar-refractivity contribution < 1.29 is 13.9 Å². The number of methoxy groups -OCH3 is 1. The summed E-state index contributed by atoms with van der Waals surface area (Å²) < 4.78 is 23.5. The highest BCUT2D eigenvalue weighted by Gasteiger charge is 2.34. The predicted octanol–water partition coefficient (Wildman–Crippen LogP) is 6.36. The van der Waals surface area contributed by atoms with Crippen LogP contribution < -0.4 is 4.74 Å². The van der Waals surface area contributed by atoms with Gasteiger partial charge in [-0.05, 0) is 79.4 Å². The largest absolute Gasteiger partial charge is 0.496 e. The van der Waals surface area contributed by atoms with E-state index in [4.69, 9.17) is 9.84 Å². The summed E-state index contributed by atoms with van der Waals surface area (Å²) in [6.07, 6.45) is 3.84.